The molecule has 88 valence electrons. The normalized spacial score (nSPS) is 7.53. The smallest absolute Gasteiger partial charge is 0.549 e. The first kappa shape index (κ1) is 18.6. The van der Waals surface area contributed by atoms with Crippen LogP contribution in [0.1, 0.15) is 32.0 Å². The molecular formula is C13H15NO2U. The number of rotatable bonds is 3. The Hall–Kier alpha value is -0.768. The third-order valence-electron chi connectivity index (χ3n) is 1.53. The second kappa shape index (κ2) is 11.7. The molecule has 0 aliphatic rings. The van der Waals surface area contributed by atoms with Crippen LogP contribution in [-0.2, 0) is 4.79 Å². The number of ether oxygens (including phenoxy) is 1. The Labute approximate surface area is 127 Å². The molecule has 17 heavy (non-hydrogen) atoms. The third-order valence-corrected chi connectivity index (χ3v) is 1.53. The summed E-state index contributed by atoms with van der Waals surface area (Å²) in [5.74, 6) is 5.91. The summed E-state index contributed by atoms with van der Waals surface area (Å²) in [5, 5.41) is 0. The monoisotopic (exact) mass is 455 g/mol. The fourth-order valence-corrected chi connectivity index (χ4v) is 0.990. The van der Waals surface area contributed by atoms with E-state index in [1.807, 2.05) is 6.92 Å². The van der Waals surface area contributed by atoms with Gasteiger partial charge in [-0.15, -0.1) is 17.6 Å². The molecule has 0 bridgehead atoms. The molecule has 0 aliphatic carbocycles. The summed E-state index contributed by atoms with van der Waals surface area (Å²) in [7, 11) is 0. The SMILES string of the molecule is CC#Cc1cc([C-]=O)c(OCC)cn1.[CH2-]C.[U+2]. The van der Waals surface area contributed by atoms with Gasteiger partial charge in [0.05, 0.1) is 18.6 Å². The van der Waals surface area contributed by atoms with Crippen LogP contribution in [0.15, 0.2) is 12.3 Å². The molecule has 1 aromatic rings. The summed E-state index contributed by atoms with van der Waals surface area (Å²) < 4.78 is 5.19. The van der Waals surface area contributed by atoms with E-state index in [0.717, 1.165) is 0 Å². The van der Waals surface area contributed by atoms with Gasteiger partial charge in [0.25, 0.3) is 0 Å². The zero-order chi connectivity index (χ0) is 12.4. The van der Waals surface area contributed by atoms with Crippen molar-refractivity contribution in [3.05, 3.63) is 30.4 Å². The van der Waals surface area contributed by atoms with Crippen molar-refractivity contribution in [1.82, 2.24) is 4.98 Å². The van der Waals surface area contributed by atoms with E-state index in [4.69, 9.17) is 4.74 Å². The molecule has 0 saturated carbocycles. The van der Waals surface area contributed by atoms with E-state index in [1.54, 1.807) is 26.2 Å². The maximum atomic E-state index is 10.6. The van der Waals surface area contributed by atoms with Crippen molar-refractivity contribution < 1.29 is 40.6 Å². The predicted molar refractivity (Wildman–Crippen MR) is 63.8 cm³/mol. The molecule has 4 heteroatoms. The van der Waals surface area contributed by atoms with Crippen molar-refractivity contribution in [3.63, 3.8) is 0 Å². The molecule has 0 spiro atoms. The summed E-state index contributed by atoms with van der Waals surface area (Å²) in [6, 6.07) is 1.56. The van der Waals surface area contributed by atoms with Gasteiger partial charge in [0.2, 0.25) is 0 Å². The summed E-state index contributed by atoms with van der Waals surface area (Å²) >= 11 is 0. The van der Waals surface area contributed by atoms with Crippen molar-refractivity contribution >= 4 is 6.29 Å². The molecule has 3 nitrogen and oxygen atoms in total. The topological polar surface area (TPSA) is 39.2 Å². The van der Waals surface area contributed by atoms with E-state index in [2.05, 4.69) is 23.7 Å². The standard InChI is InChI=1S/C11H10NO2.C2H5.U/c1-3-5-10-6-9(8-13)11(7-12-10)14-4-2;1-2;/h6-7H,4H2,1-2H3;1H2,2H3;/q2*-1;+2. The van der Waals surface area contributed by atoms with Crippen LogP contribution in [0.3, 0.4) is 0 Å². The van der Waals surface area contributed by atoms with Gasteiger partial charge in [-0.2, -0.15) is 6.92 Å². The van der Waals surface area contributed by atoms with Crippen LogP contribution in [-0.4, -0.2) is 17.9 Å². The zero-order valence-electron chi connectivity index (χ0n) is 10.3. The average molecular weight is 455 g/mol. The van der Waals surface area contributed by atoms with Crippen LogP contribution in [0.4, 0.5) is 0 Å². The minimum atomic E-state index is 0. The van der Waals surface area contributed by atoms with Gasteiger partial charge in [-0.3, -0.25) is 4.98 Å². The fraction of sp³-hybridized carbons (Fsp3) is 0.308. The predicted octanol–water partition coefficient (Wildman–Crippen LogP) is 2.15. The van der Waals surface area contributed by atoms with E-state index < -0.39 is 0 Å². The van der Waals surface area contributed by atoms with Crippen LogP contribution in [0.5, 0.6) is 5.75 Å². The van der Waals surface area contributed by atoms with E-state index in [-0.39, 0.29) is 31.1 Å². The van der Waals surface area contributed by atoms with E-state index >= 15 is 0 Å². The molecule has 0 aromatic carbocycles. The Morgan fingerprint density at radius 3 is 2.65 bits per heavy atom. The Morgan fingerprint density at radius 1 is 1.53 bits per heavy atom. The molecule has 0 N–H and O–H groups in total. The van der Waals surface area contributed by atoms with Gasteiger partial charge < -0.3 is 16.5 Å². The van der Waals surface area contributed by atoms with Crippen LogP contribution in [0, 0.1) is 49.9 Å². The van der Waals surface area contributed by atoms with Crippen LogP contribution in [0.25, 0.3) is 0 Å². The van der Waals surface area contributed by atoms with Crippen molar-refractivity contribution in [2.75, 3.05) is 6.61 Å². The summed E-state index contributed by atoms with van der Waals surface area (Å²) in [5.41, 5.74) is 0.911. The number of carbonyl (C=O) groups excluding carboxylic acids is 1. The molecule has 0 saturated heterocycles. The third kappa shape index (κ3) is 6.52. The van der Waals surface area contributed by atoms with E-state index in [0.29, 0.717) is 23.6 Å². The number of nitrogens with zero attached hydrogens (tertiary/aromatic N) is 1. The van der Waals surface area contributed by atoms with Gasteiger partial charge in [0.15, 0.2) is 0 Å². The van der Waals surface area contributed by atoms with Gasteiger partial charge in [-0.25, -0.2) is 0 Å². The largest absolute Gasteiger partial charge is 2.00 e. The second-order valence-corrected chi connectivity index (χ2v) is 2.48. The van der Waals surface area contributed by atoms with Crippen LogP contribution in [0.2, 0.25) is 0 Å². The zero-order valence-corrected chi connectivity index (χ0v) is 14.5. The van der Waals surface area contributed by atoms with Gasteiger partial charge in [-0.1, -0.05) is 5.92 Å². The fourth-order valence-electron chi connectivity index (χ4n) is 0.990. The Balaban J connectivity index is 0. The summed E-state index contributed by atoms with van der Waals surface area (Å²) in [6.07, 6.45) is 3.29. The first-order chi connectivity index (χ1) is 7.81. The molecule has 0 radical (unpaired) electrons. The first-order valence-corrected chi connectivity index (χ1v) is 4.96. The molecule has 0 aliphatic heterocycles. The van der Waals surface area contributed by atoms with Crippen molar-refractivity contribution in [1.29, 1.82) is 0 Å². The molecule has 0 atom stereocenters. The molecule has 1 aromatic heterocycles. The average Bonchev–Trinajstić information content (AvgIpc) is 2.34. The number of aromatic nitrogens is 1. The number of hydrogen-bond donors (Lipinski definition) is 0. The van der Waals surface area contributed by atoms with Crippen LogP contribution < -0.4 is 4.74 Å². The van der Waals surface area contributed by atoms with Gasteiger partial charge in [0, 0.05) is 11.9 Å². The summed E-state index contributed by atoms with van der Waals surface area (Å²) in [6.45, 7) is 9.05. The minimum absolute atomic E-state index is 0. The van der Waals surface area contributed by atoms with Crippen molar-refractivity contribution in [3.8, 4) is 17.6 Å². The Kier molecular flexibility index (Phi) is 12.8. The second-order valence-electron chi connectivity index (χ2n) is 2.48. The molecule has 0 fully saturated rings. The Bertz CT molecular complexity index is 394. The molecule has 0 amide bonds. The first-order valence-electron chi connectivity index (χ1n) is 4.96. The minimum Gasteiger partial charge on any atom is -0.549 e. The number of pyridine rings is 1. The van der Waals surface area contributed by atoms with Crippen LogP contribution >= 0.6 is 0 Å². The number of hydrogen-bond acceptors (Lipinski definition) is 3. The van der Waals surface area contributed by atoms with Gasteiger partial charge >= 0.3 is 31.1 Å². The molecule has 0 unspecified atom stereocenters. The quantitative estimate of drug-likeness (QED) is 0.518. The Morgan fingerprint density at radius 2 is 2.18 bits per heavy atom. The van der Waals surface area contributed by atoms with Crippen molar-refractivity contribution in [2.45, 2.75) is 20.8 Å². The van der Waals surface area contributed by atoms with Crippen molar-refractivity contribution in [2.24, 2.45) is 0 Å². The van der Waals surface area contributed by atoms with Gasteiger partial charge in [0.1, 0.15) is 0 Å². The molecule has 1 rings (SSSR count). The van der Waals surface area contributed by atoms with E-state index in [1.165, 1.54) is 6.20 Å². The van der Waals surface area contributed by atoms with Gasteiger partial charge in [-0.05, 0) is 13.8 Å². The van der Waals surface area contributed by atoms with E-state index in [9.17, 15) is 4.79 Å². The summed E-state index contributed by atoms with van der Waals surface area (Å²) in [4.78, 5) is 14.6. The maximum Gasteiger partial charge on any atom is 2.00 e. The molecule has 1 heterocycles. The molecular weight excluding hydrogens is 440 g/mol. The maximum absolute atomic E-state index is 10.6.